The van der Waals surface area contributed by atoms with Crippen molar-refractivity contribution in [3.63, 3.8) is 0 Å². The van der Waals surface area contributed by atoms with Gasteiger partial charge in [-0.05, 0) is 60.8 Å². The second-order valence-electron chi connectivity index (χ2n) is 5.33. The Hall–Kier alpha value is -1.74. The minimum Gasteiger partial charge on any atom is -0.316 e. The summed E-state index contributed by atoms with van der Waals surface area (Å²) in [4.78, 5) is 0. The Kier molecular flexibility index (Phi) is 5.45. The Labute approximate surface area is 125 Å². The first-order valence-electron chi connectivity index (χ1n) is 7.31. The minimum atomic E-state index is -0.232. The lowest BCUT2D eigenvalue weighted by Crippen LogP contribution is -2.23. The number of halogens is 2. The Morgan fingerprint density at radius 1 is 1.05 bits per heavy atom. The third kappa shape index (κ3) is 4.36. The van der Waals surface area contributed by atoms with Gasteiger partial charge in [0.1, 0.15) is 11.6 Å². The first kappa shape index (κ1) is 15.6. The quantitative estimate of drug-likeness (QED) is 0.840. The predicted octanol–water partition coefficient (Wildman–Crippen LogP) is 4.21. The number of hydrogen-bond acceptors (Lipinski definition) is 1. The highest BCUT2D eigenvalue weighted by Gasteiger charge is 2.14. The van der Waals surface area contributed by atoms with Crippen molar-refractivity contribution < 1.29 is 8.78 Å². The number of rotatable bonds is 6. The molecule has 0 aliphatic heterocycles. The summed E-state index contributed by atoms with van der Waals surface area (Å²) in [6, 6.07) is 11.5. The van der Waals surface area contributed by atoms with E-state index in [9.17, 15) is 8.78 Å². The molecule has 0 heterocycles. The van der Waals surface area contributed by atoms with Crippen LogP contribution in [0.5, 0.6) is 0 Å². The van der Waals surface area contributed by atoms with Gasteiger partial charge in [-0.1, -0.05) is 25.1 Å². The van der Waals surface area contributed by atoms with E-state index in [1.165, 1.54) is 12.1 Å². The van der Waals surface area contributed by atoms with E-state index in [1.807, 2.05) is 19.9 Å². The van der Waals surface area contributed by atoms with Crippen molar-refractivity contribution in [1.82, 2.24) is 5.32 Å². The summed E-state index contributed by atoms with van der Waals surface area (Å²) in [5, 5.41) is 3.30. The molecule has 0 radical (unpaired) electrons. The summed E-state index contributed by atoms with van der Waals surface area (Å²) in [6.45, 7) is 5.62. The number of hydrogen-bond donors (Lipinski definition) is 1. The molecule has 1 unspecified atom stereocenters. The van der Waals surface area contributed by atoms with Gasteiger partial charge in [0.2, 0.25) is 0 Å². The highest BCUT2D eigenvalue weighted by atomic mass is 19.1. The van der Waals surface area contributed by atoms with Crippen LogP contribution in [0, 0.1) is 18.6 Å². The van der Waals surface area contributed by atoms with Crippen molar-refractivity contribution in [2.24, 2.45) is 0 Å². The Morgan fingerprint density at radius 3 is 2.52 bits per heavy atom. The molecule has 0 bridgehead atoms. The van der Waals surface area contributed by atoms with Crippen LogP contribution < -0.4 is 5.32 Å². The number of aryl methyl sites for hydroxylation is 1. The molecule has 0 aliphatic carbocycles. The molecule has 0 amide bonds. The smallest absolute Gasteiger partial charge is 0.123 e. The molecule has 112 valence electrons. The van der Waals surface area contributed by atoms with Crippen LogP contribution in [-0.2, 0) is 6.42 Å². The van der Waals surface area contributed by atoms with Crippen molar-refractivity contribution >= 4 is 0 Å². The van der Waals surface area contributed by atoms with Gasteiger partial charge < -0.3 is 5.32 Å². The summed E-state index contributed by atoms with van der Waals surface area (Å²) in [7, 11) is 0. The molecule has 0 spiro atoms. The van der Waals surface area contributed by atoms with Crippen LogP contribution in [0.4, 0.5) is 8.78 Å². The minimum absolute atomic E-state index is 0.126. The van der Waals surface area contributed by atoms with Crippen molar-refractivity contribution in [3.8, 4) is 0 Å². The summed E-state index contributed by atoms with van der Waals surface area (Å²) in [5.74, 6) is -0.330. The summed E-state index contributed by atoms with van der Waals surface area (Å²) < 4.78 is 26.9. The fourth-order valence-corrected chi connectivity index (χ4v) is 2.51. The molecule has 1 N–H and O–H groups in total. The highest BCUT2D eigenvalue weighted by molar-refractivity contribution is 5.30. The fraction of sp³-hybridized carbons (Fsp3) is 0.333. The van der Waals surface area contributed by atoms with Crippen molar-refractivity contribution in [1.29, 1.82) is 0 Å². The Balaban J connectivity index is 2.25. The van der Waals surface area contributed by atoms with E-state index < -0.39 is 0 Å². The SMILES string of the molecule is CCNCC(Cc1cc(F)ccc1C)c1cccc(F)c1. The Bertz CT molecular complexity index is 596. The van der Waals surface area contributed by atoms with Gasteiger partial charge in [0.25, 0.3) is 0 Å². The summed E-state index contributed by atoms with van der Waals surface area (Å²) >= 11 is 0. The van der Waals surface area contributed by atoms with Gasteiger partial charge in [0.15, 0.2) is 0 Å². The molecule has 2 aromatic carbocycles. The van der Waals surface area contributed by atoms with E-state index in [-0.39, 0.29) is 17.6 Å². The van der Waals surface area contributed by atoms with E-state index in [1.54, 1.807) is 24.3 Å². The fourth-order valence-electron chi connectivity index (χ4n) is 2.51. The maximum atomic E-state index is 13.5. The van der Waals surface area contributed by atoms with Crippen LogP contribution in [0.2, 0.25) is 0 Å². The molecule has 3 heteroatoms. The van der Waals surface area contributed by atoms with Crippen LogP contribution in [0.3, 0.4) is 0 Å². The number of likely N-dealkylation sites (N-methyl/N-ethyl adjacent to an activating group) is 1. The average Bonchev–Trinajstić information content (AvgIpc) is 2.47. The molecule has 0 aromatic heterocycles. The number of nitrogens with one attached hydrogen (secondary N) is 1. The van der Waals surface area contributed by atoms with E-state index in [0.29, 0.717) is 6.42 Å². The molecule has 1 nitrogen and oxygen atoms in total. The maximum absolute atomic E-state index is 13.5. The average molecular weight is 289 g/mol. The van der Waals surface area contributed by atoms with Crippen LogP contribution in [0.1, 0.15) is 29.5 Å². The molecule has 0 aliphatic rings. The monoisotopic (exact) mass is 289 g/mol. The molecule has 1 atom stereocenters. The molecule has 2 rings (SSSR count). The third-order valence-corrected chi connectivity index (χ3v) is 3.74. The van der Waals surface area contributed by atoms with Crippen LogP contribution in [0.15, 0.2) is 42.5 Å². The first-order chi connectivity index (χ1) is 10.1. The number of benzene rings is 2. The van der Waals surface area contributed by atoms with Gasteiger partial charge in [0.05, 0.1) is 0 Å². The third-order valence-electron chi connectivity index (χ3n) is 3.74. The van der Waals surface area contributed by atoms with E-state index in [0.717, 1.165) is 29.8 Å². The van der Waals surface area contributed by atoms with Crippen LogP contribution >= 0.6 is 0 Å². The summed E-state index contributed by atoms with van der Waals surface area (Å²) in [5.41, 5.74) is 2.98. The zero-order chi connectivity index (χ0) is 15.2. The summed E-state index contributed by atoms with van der Waals surface area (Å²) in [6.07, 6.45) is 0.694. The van der Waals surface area contributed by atoms with Crippen LogP contribution in [-0.4, -0.2) is 13.1 Å². The zero-order valence-electron chi connectivity index (χ0n) is 12.5. The largest absolute Gasteiger partial charge is 0.316 e. The van der Waals surface area contributed by atoms with E-state index >= 15 is 0 Å². The lowest BCUT2D eigenvalue weighted by molar-refractivity contribution is 0.577. The standard InChI is InChI=1S/C18H21F2N/c1-3-21-12-16(14-5-4-6-17(19)10-14)9-15-11-18(20)8-7-13(15)2/h4-8,10-11,16,21H,3,9,12H2,1-2H3. The van der Waals surface area contributed by atoms with Crippen LogP contribution in [0.25, 0.3) is 0 Å². The molecule has 21 heavy (non-hydrogen) atoms. The highest BCUT2D eigenvalue weighted by Crippen LogP contribution is 2.23. The normalized spacial score (nSPS) is 12.4. The van der Waals surface area contributed by atoms with Crippen molar-refractivity contribution in [3.05, 3.63) is 70.8 Å². The Morgan fingerprint density at radius 2 is 1.81 bits per heavy atom. The lowest BCUT2D eigenvalue weighted by atomic mass is 9.90. The van der Waals surface area contributed by atoms with Gasteiger partial charge in [-0.15, -0.1) is 0 Å². The molecule has 0 saturated carbocycles. The molecule has 0 fully saturated rings. The topological polar surface area (TPSA) is 12.0 Å². The molecule has 0 saturated heterocycles. The first-order valence-corrected chi connectivity index (χ1v) is 7.31. The lowest BCUT2D eigenvalue weighted by Gasteiger charge is -2.19. The van der Waals surface area contributed by atoms with E-state index in [2.05, 4.69) is 5.32 Å². The molecular weight excluding hydrogens is 268 g/mol. The molecular formula is C18H21F2N. The van der Waals surface area contributed by atoms with Gasteiger partial charge in [-0.2, -0.15) is 0 Å². The molecule has 2 aromatic rings. The van der Waals surface area contributed by atoms with Crippen molar-refractivity contribution in [2.75, 3.05) is 13.1 Å². The van der Waals surface area contributed by atoms with Gasteiger partial charge >= 0.3 is 0 Å². The maximum Gasteiger partial charge on any atom is 0.123 e. The van der Waals surface area contributed by atoms with Gasteiger partial charge in [0, 0.05) is 12.5 Å². The zero-order valence-corrected chi connectivity index (χ0v) is 12.5. The second kappa shape index (κ2) is 7.32. The predicted molar refractivity (Wildman–Crippen MR) is 82.5 cm³/mol. The van der Waals surface area contributed by atoms with Gasteiger partial charge in [-0.3, -0.25) is 0 Å². The van der Waals surface area contributed by atoms with E-state index in [4.69, 9.17) is 0 Å². The van der Waals surface area contributed by atoms with Gasteiger partial charge in [-0.25, -0.2) is 8.78 Å². The van der Waals surface area contributed by atoms with Crippen molar-refractivity contribution in [2.45, 2.75) is 26.2 Å². The second-order valence-corrected chi connectivity index (χ2v) is 5.33.